The van der Waals surface area contributed by atoms with Crippen molar-refractivity contribution in [3.63, 3.8) is 0 Å². The van der Waals surface area contributed by atoms with Crippen molar-refractivity contribution in [2.45, 2.75) is 58.5 Å². The van der Waals surface area contributed by atoms with Gasteiger partial charge in [-0.05, 0) is 31.5 Å². The molecule has 1 fully saturated rings. The maximum atomic E-state index is 12.5. The van der Waals surface area contributed by atoms with Gasteiger partial charge in [0.25, 0.3) is 0 Å². The number of nitrogens with one attached hydrogen (secondary N) is 3. The number of hydrogen-bond acceptors (Lipinski definition) is 3. The Bertz CT molecular complexity index is 940. The van der Waals surface area contributed by atoms with Crippen molar-refractivity contribution in [3.05, 3.63) is 29.3 Å². The second kappa shape index (κ2) is 6.62. The van der Waals surface area contributed by atoms with E-state index in [9.17, 15) is 9.59 Å². The predicted molar refractivity (Wildman–Crippen MR) is 111 cm³/mol. The van der Waals surface area contributed by atoms with Crippen molar-refractivity contribution >= 4 is 28.5 Å². The van der Waals surface area contributed by atoms with E-state index in [-0.39, 0.29) is 23.3 Å². The molecule has 28 heavy (non-hydrogen) atoms. The summed E-state index contributed by atoms with van der Waals surface area (Å²) in [6, 6.07) is 6.86. The second-order valence-corrected chi connectivity index (χ2v) is 9.40. The molecule has 0 saturated carbocycles. The standard InChI is InChI=1S/C22H30N4O2/c1-12(27)23-20-16-10-18-15(14-7-6-8-17(25-20)19(14)16)9-13(11-26(18)5)24-21(28)22(2,3)4/h6-8,13,15,18,25H,9-11H2,1-5H3,(H,23,27)(H,24,28)/t13-,15+,18+/m0/s1. The van der Waals surface area contributed by atoms with Crippen molar-refractivity contribution in [2.75, 3.05) is 18.9 Å². The Morgan fingerprint density at radius 3 is 2.68 bits per heavy atom. The molecule has 6 heteroatoms. The number of benzene rings is 1. The van der Waals surface area contributed by atoms with Crippen LogP contribution in [0.5, 0.6) is 0 Å². The van der Waals surface area contributed by atoms with Crippen LogP contribution in [0.4, 0.5) is 5.82 Å². The van der Waals surface area contributed by atoms with Gasteiger partial charge in [0.15, 0.2) is 0 Å². The Balaban J connectivity index is 1.69. The Labute approximate surface area is 166 Å². The first kappa shape index (κ1) is 19.0. The minimum atomic E-state index is -0.386. The number of nitrogens with zero attached hydrogens (tertiary/aromatic N) is 1. The lowest BCUT2D eigenvalue weighted by Crippen LogP contribution is -2.56. The first-order valence-corrected chi connectivity index (χ1v) is 10.1. The summed E-state index contributed by atoms with van der Waals surface area (Å²) in [6.07, 6.45) is 1.84. The highest BCUT2D eigenvalue weighted by Gasteiger charge is 2.41. The van der Waals surface area contributed by atoms with E-state index in [0.29, 0.717) is 12.0 Å². The molecule has 2 aliphatic rings. The fourth-order valence-corrected chi connectivity index (χ4v) is 4.82. The SMILES string of the molecule is CC(=O)Nc1[nH]c2cccc3c2c1C[C@@H]1[C@@H]3C[C@H](NC(=O)C(C)(C)C)CN1C. The summed E-state index contributed by atoms with van der Waals surface area (Å²) >= 11 is 0. The maximum absolute atomic E-state index is 12.5. The largest absolute Gasteiger partial charge is 0.352 e. The fraction of sp³-hybridized carbons (Fsp3) is 0.545. The lowest BCUT2D eigenvalue weighted by molar-refractivity contribution is -0.129. The first-order valence-electron chi connectivity index (χ1n) is 10.1. The molecule has 150 valence electrons. The lowest BCUT2D eigenvalue weighted by atomic mass is 9.73. The van der Waals surface area contributed by atoms with Gasteiger partial charge in [0, 0.05) is 53.4 Å². The van der Waals surface area contributed by atoms with Gasteiger partial charge in [-0.25, -0.2) is 0 Å². The summed E-state index contributed by atoms with van der Waals surface area (Å²) in [4.78, 5) is 29.9. The molecule has 1 saturated heterocycles. The molecule has 1 aromatic heterocycles. The minimum absolute atomic E-state index is 0.0616. The molecular weight excluding hydrogens is 352 g/mol. The number of H-pyrrole nitrogens is 1. The topological polar surface area (TPSA) is 77.2 Å². The zero-order chi connectivity index (χ0) is 20.2. The average molecular weight is 383 g/mol. The normalized spacial score (nSPS) is 24.7. The predicted octanol–water partition coefficient (Wildman–Crippen LogP) is 3.00. The van der Waals surface area contributed by atoms with Crippen LogP contribution in [-0.2, 0) is 16.0 Å². The number of piperidine rings is 1. The highest BCUT2D eigenvalue weighted by molar-refractivity contribution is 5.98. The van der Waals surface area contributed by atoms with Gasteiger partial charge in [-0.2, -0.15) is 0 Å². The third-order valence-corrected chi connectivity index (χ3v) is 6.17. The number of carbonyl (C=O) groups excluding carboxylic acids is 2. The van der Waals surface area contributed by atoms with Gasteiger partial charge in [0.2, 0.25) is 11.8 Å². The van der Waals surface area contributed by atoms with E-state index < -0.39 is 0 Å². The van der Waals surface area contributed by atoms with Crippen molar-refractivity contribution in [1.29, 1.82) is 0 Å². The van der Waals surface area contributed by atoms with Crippen LogP contribution in [0.1, 0.15) is 51.2 Å². The van der Waals surface area contributed by atoms with Gasteiger partial charge in [-0.1, -0.05) is 32.9 Å². The minimum Gasteiger partial charge on any atom is -0.352 e. The third-order valence-electron chi connectivity index (χ3n) is 6.17. The number of aromatic nitrogens is 1. The highest BCUT2D eigenvalue weighted by atomic mass is 16.2. The molecule has 1 aliphatic carbocycles. The van der Waals surface area contributed by atoms with Crippen LogP contribution in [0.3, 0.4) is 0 Å². The van der Waals surface area contributed by atoms with Crippen LogP contribution in [0.25, 0.3) is 10.9 Å². The Hall–Kier alpha value is -2.34. The average Bonchev–Trinajstić information content (AvgIpc) is 2.93. The van der Waals surface area contributed by atoms with Crippen molar-refractivity contribution in [1.82, 2.24) is 15.2 Å². The molecule has 2 amide bonds. The number of likely N-dealkylation sites (tertiary alicyclic amines) is 1. The number of likely N-dealkylation sites (N-methyl/N-ethyl adjacent to an activating group) is 1. The number of amides is 2. The number of hydrogen-bond donors (Lipinski definition) is 3. The van der Waals surface area contributed by atoms with Crippen LogP contribution in [0.15, 0.2) is 18.2 Å². The van der Waals surface area contributed by atoms with Crippen molar-refractivity contribution < 1.29 is 9.59 Å². The van der Waals surface area contributed by atoms with E-state index in [4.69, 9.17) is 0 Å². The van der Waals surface area contributed by atoms with Gasteiger partial charge in [-0.3, -0.25) is 9.59 Å². The number of anilines is 1. The number of aromatic amines is 1. The molecule has 2 aromatic rings. The Morgan fingerprint density at radius 2 is 2.00 bits per heavy atom. The zero-order valence-electron chi connectivity index (χ0n) is 17.3. The van der Waals surface area contributed by atoms with Gasteiger partial charge >= 0.3 is 0 Å². The molecule has 2 heterocycles. The van der Waals surface area contributed by atoms with Gasteiger partial charge in [0.1, 0.15) is 5.82 Å². The monoisotopic (exact) mass is 382 g/mol. The molecule has 3 atom stereocenters. The van der Waals surface area contributed by atoms with Crippen LogP contribution < -0.4 is 10.6 Å². The molecule has 1 aliphatic heterocycles. The van der Waals surface area contributed by atoms with Crippen LogP contribution in [0.2, 0.25) is 0 Å². The van der Waals surface area contributed by atoms with E-state index in [1.165, 1.54) is 16.5 Å². The van der Waals surface area contributed by atoms with E-state index in [2.05, 4.69) is 45.8 Å². The van der Waals surface area contributed by atoms with E-state index in [1.807, 2.05) is 20.8 Å². The summed E-state index contributed by atoms with van der Waals surface area (Å²) in [5.41, 5.74) is 3.20. The van der Waals surface area contributed by atoms with Gasteiger partial charge in [-0.15, -0.1) is 0 Å². The molecule has 0 radical (unpaired) electrons. The smallest absolute Gasteiger partial charge is 0.225 e. The van der Waals surface area contributed by atoms with E-state index in [0.717, 1.165) is 30.7 Å². The summed E-state index contributed by atoms with van der Waals surface area (Å²) in [5, 5.41) is 7.47. The van der Waals surface area contributed by atoms with Crippen LogP contribution in [-0.4, -0.2) is 47.4 Å². The Kier molecular flexibility index (Phi) is 4.49. The summed E-state index contributed by atoms with van der Waals surface area (Å²) < 4.78 is 0. The number of carbonyl (C=O) groups is 2. The summed E-state index contributed by atoms with van der Waals surface area (Å²) in [6.45, 7) is 8.24. The summed E-state index contributed by atoms with van der Waals surface area (Å²) in [5.74, 6) is 1.23. The number of rotatable bonds is 2. The summed E-state index contributed by atoms with van der Waals surface area (Å²) in [7, 11) is 2.14. The quantitative estimate of drug-likeness (QED) is 0.747. The molecular formula is C22H30N4O2. The molecule has 6 nitrogen and oxygen atoms in total. The Morgan fingerprint density at radius 1 is 1.25 bits per heavy atom. The maximum Gasteiger partial charge on any atom is 0.225 e. The van der Waals surface area contributed by atoms with Crippen molar-refractivity contribution in [3.8, 4) is 0 Å². The van der Waals surface area contributed by atoms with Gasteiger partial charge in [0.05, 0.1) is 0 Å². The molecule has 1 aromatic carbocycles. The molecule has 0 spiro atoms. The molecule has 3 N–H and O–H groups in total. The van der Waals surface area contributed by atoms with Crippen LogP contribution in [0, 0.1) is 5.41 Å². The second-order valence-electron chi connectivity index (χ2n) is 9.40. The van der Waals surface area contributed by atoms with Crippen molar-refractivity contribution in [2.24, 2.45) is 5.41 Å². The number of fused-ring (bicyclic) bond motifs is 2. The lowest BCUT2D eigenvalue weighted by Gasteiger charge is -2.46. The third kappa shape index (κ3) is 3.20. The molecule has 4 rings (SSSR count). The van der Waals surface area contributed by atoms with Gasteiger partial charge < -0.3 is 20.5 Å². The first-order chi connectivity index (χ1) is 13.1. The molecule has 0 unspecified atom stereocenters. The fourth-order valence-electron chi connectivity index (χ4n) is 4.82. The molecule has 0 bridgehead atoms. The van der Waals surface area contributed by atoms with E-state index in [1.54, 1.807) is 6.92 Å². The highest BCUT2D eigenvalue weighted by Crippen LogP contribution is 2.45. The van der Waals surface area contributed by atoms with E-state index >= 15 is 0 Å². The zero-order valence-corrected chi connectivity index (χ0v) is 17.3. The van der Waals surface area contributed by atoms with Crippen LogP contribution >= 0.6 is 0 Å².